The van der Waals surface area contributed by atoms with Crippen molar-refractivity contribution in [2.75, 3.05) is 18.0 Å². The third-order valence-electron chi connectivity index (χ3n) is 5.44. The number of aromatic nitrogens is 2. The van der Waals surface area contributed by atoms with E-state index in [0.717, 1.165) is 24.6 Å². The molecule has 28 heavy (non-hydrogen) atoms. The number of alkyl halides is 3. The Kier molecular flexibility index (Phi) is 3.84. The first-order chi connectivity index (χ1) is 13.4. The Hall–Kier alpha value is -2.68. The van der Waals surface area contributed by atoms with Crippen LogP contribution in [0, 0.1) is 5.82 Å². The van der Waals surface area contributed by atoms with Crippen LogP contribution >= 0.6 is 0 Å². The molecular formula is C19H16F4N4O. The van der Waals surface area contributed by atoms with Crippen LogP contribution in [-0.4, -0.2) is 40.0 Å². The van der Waals surface area contributed by atoms with Crippen molar-refractivity contribution in [2.45, 2.75) is 31.2 Å². The van der Waals surface area contributed by atoms with Crippen LogP contribution in [0.15, 0.2) is 40.9 Å². The van der Waals surface area contributed by atoms with Gasteiger partial charge in [-0.1, -0.05) is 6.07 Å². The van der Waals surface area contributed by atoms with Crippen LogP contribution in [0.1, 0.15) is 17.7 Å². The minimum atomic E-state index is -4.42. The lowest BCUT2D eigenvalue weighted by Crippen LogP contribution is -2.46. The highest BCUT2D eigenvalue weighted by atomic mass is 19.4. The Bertz CT molecular complexity index is 1020. The summed E-state index contributed by atoms with van der Waals surface area (Å²) in [5.74, 6) is -0.366. The smallest absolute Gasteiger partial charge is 0.423 e. The largest absolute Gasteiger partial charge is 0.433 e. The van der Waals surface area contributed by atoms with Gasteiger partial charge in [-0.2, -0.15) is 18.2 Å². The van der Waals surface area contributed by atoms with Crippen molar-refractivity contribution in [2.24, 2.45) is 0 Å². The van der Waals surface area contributed by atoms with Crippen molar-refractivity contribution in [3.63, 3.8) is 0 Å². The standard InChI is InChI=1S/C19H16F4N4O/c20-12-2-3-15-16(5-12)28-18(25-15)27-10-13-6-14(27)9-26(13)8-11-1-4-17(24-7-11)19(21,22)23/h1-5,7,13-14H,6,8-10H2. The summed E-state index contributed by atoms with van der Waals surface area (Å²) in [5.41, 5.74) is 0.916. The van der Waals surface area contributed by atoms with Gasteiger partial charge < -0.3 is 9.32 Å². The number of hydrogen-bond acceptors (Lipinski definition) is 5. The van der Waals surface area contributed by atoms with Crippen LogP contribution < -0.4 is 4.90 Å². The third kappa shape index (κ3) is 2.99. The molecule has 2 aliphatic heterocycles. The molecule has 0 spiro atoms. The lowest BCUT2D eigenvalue weighted by Gasteiger charge is -2.33. The predicted molar refractivity (Wildman–Crippen MR) is 93.2 cm³/mol. The lowest BCUT2D eigenvalue weighted by molar-refractivity contribution is -0.141. The minimum absolute atomic E-state index is 0.213. The Balaban J connectivity index is 1.27. The summed E-state index contributed by atoms with van der Waals surface area (Å²) in [6.45, 7) is 2.03. The van der Waals surface area contributed by atoms with Crippen LogP contribution in [0.5, 0.6) is 0 Å². The lowest BCUT2D eigenvalue weighted by atomic mass is 10.2. The van der Waals surface area contributed by atoms with E-state index in [2.05, 4.69) is 19.8 Å². The van der Waals surface area contributed by atoms with Gasteiger partial charge in [-0.25, -0.2) is 4.39 Å². The summed E-state index contributed by atoms with van der Waals surface area (Å²) in [5, 5.41) is 0. The number of rotatable bonds is 3. The Labute approximate surface area is 157 Å². The molecule has 2 aliphatic rings. The topological polar surface area (TPSA) is 45.4 Å². The first-order valence-electron chi connectivity index (χ1n) is 8.96. The van der Waals surface area contributed by atoms with Gasteiger partial charge in [0.25, 0.3) is 6.01 Å². The summed E-state index contributed by atoms with van der Waals surface area (Å²) in [6, 6.07) is 7.74. The second-order valence-corrected chi connectivity index (χ2v) is 7.28. The number of hydrogen-bond donors (Lipinski definition) is 0. The molecule has 0 saturated carbocycles. The van der Waals surface area contributed by atoms with E-state index >= 15 is 0 Å². The fourth-order valence-corrected chi connectivity index (χ4v) is 4.11. The van der Waals surface area contributed by atoms with E-state index < -0.39 is 11.9 Å². The summed E-state index contributed by atoms with van der Waals surface area (Å²) >= 11 is 0. The van der Waals surface area contributed by atoms with Gasteiger partial charge >= 0.3 is 6.18 Å². The average molecular weight is 392 g/mol. The molecule has 9 heteroatoms. The second-order valence-electron chi connectivity index (χ2n) is 7.28. The zero-order chi connectivity index (χ0) is 19.5. The van der Waals surface area contributed by atoms with E-state index in [0.29, 0.717) is 30.2 Å². The highest BCUT2D eigenvalue weighted by Crippen LogP contribution is 2.36. The number of benzene rings is 1. The predicted octanol–water partition coefficient (Wildman–Crippen LogP) is 3.84. The molecule has 0 amide bonds. The summed E-state index contributed by atoms with van der Waals surface area (Å²) < 4.78 is 57.0. The molecule has 2 saturated heterocycles. The first kappa shape index (κ1) is 17.4. The molecular weight excluding hydrogens is 376 g/mol. The Morgan fingerprint density at radius 1 is 1.11 bits per heavy atom. The molecule has 2 atom stereocenters. The van der Waals surface area contributed by atoms with Crippen molar-refractivity contribution < 1.29 is 22.0 Å². The SMILES string of the molecule is Fc1ccc2nc(N3CC4CC3CN4Cc3ccc(C(F)(F)F)nc3)oc2c1. The summed E-state index contributed by atoms with van der Waals surface area (Å²) in [4.78, 5) is 12.3. The molecule has 0 N–H and O–H groups in total. The molecule has 2 bridgehead atoms. The maximum absolute atomic E-state index is 13.3. The second kappa shape index (κ2) is 6.16. The molecule has 1 aromatic carbocycles. The average Bonchev–Trinajstić information content (AvgIpc) is 3.34. The zero-order valence-corrected chi connectivity index (χ0v) is 14.7. The third-order valence-corrected chi connectivity index (χ3v) is 5.44. The molecule has 2 aromatic heterocycles. The molecule has 2 unspecified atom stereocenters. The van der Waals surface area contributed by atoms with Gasteiger partial charge in [0, 0.05) is 44.0 Å². The van der Waals surface area contributed by atoms with Crippen molar-refractivity contribution in [1.82, 2.24) is 14.9 Å². The molecule has 0 radical (unpaired) electrons. The number of halogens is 4. The molecule has 2 fully saturated rings. The van der Waals surface area contributed by atoms with Crippen LogP contribution in [0.2, 0.25) is 0 Å². The monoisotopic (exact) mass is 392 g/mol. The molecule has 0 aliphatic carbocycles. The van der Waals surface area contributed by atoms with Gasteiger partial charge in [0.05, 0.1) is 0 Å². The number of anilines is 1. The van der Waals surface area contributed by atoms with Gasteiger partial charge in [0.15, 0.2) is 5.58 Å². The number of oxazole rings is 1. The number of piperazine rings is 1. The van der Waals surface area contributed by atoms with E-state index in [1.807, 2.05) is 0 Å². The van der Waals surface area contributed by atoms with Crippen molar-refractivity contribution in [1.29, 1.82) is 0 Å². The van der Waals surface area contributed by atoms with Crippen LogP contribution in [0.3, 0.4) is 0 Å². The van der Waals surface area contributed by atoms with E-state index in [9.17, 15) is 17.6 Å². The number of pyridine rings is 1. The Morgan fingerprint density at radius 3 is 2.64 bits per heavy atom. The minimum Gasteiger partial charge on any atom is -0.423 e. The zero-order valence-electron chi connectivity index (χ0n) is 14.7. The molecule has 5 rings (SSSR count). The number of fused-ring (bicyclic) bond motifs is 3. The van der Waals surface area contributed by atoms with E-state index in [4.69, 9.17) is 4.42 Å². The van der Waals surface area contributed by atoms with Gasteiger partial charge in [0.1, 0.15) is 17.0 Å². The van der Waals surface area contributed by atoms with Gasteiger partial charge in [-0.3, -0.25) is 9.88 Å². The van der Waals surface area contributed by atoms with Gasteiger partial charge in [-0.15, -0.1) is 0 Å². The molecule has 3 aromatic rings. The van der Waals surface area contributed by atoms with Crippen LogP contribution in [0.4, 0.5) is 23.6 Å². The highest BCUT2D eigenvalue weighted by Gasteiger charge is 2.44. The van der Waals surface area contributed by atoms with Gasteiger partial charge in [-0.05, 0) is 30.2 Å². The first-order valence-corrected chi connectivity index (χ1v) is 8.96. The molecule has 5 nitrogen and oxygen atoms in total. The normalized spacial score (nSPS) is 22.5. The number of nitrogens with zero attached hydrogens (tertiary/aromatic N) is 4. The maximum Gasteiger partial charge on any atom is 0.433 e. The van der Waals surface area contributed by atoms with Crippen LogP contribution in [0.25, 0.3) is 11.1 Å². The fraction of sp³-hybridized carbons (Fsp3) is 0.368. The quantitative estimate of drug-likeness (QED) is 0.634. The highest BCUT2D eigenvalue weighted by molar-refractivity contribution is 5.74. The van der Waals surface area contributed by atoms with Crippen molar-refractivity contribution >= 4 is 17.1 Å². The van der Waals surface area contributed by atoms with E-state index in [1.54, 1.807) is 6.07 Å². The maximum atomic E-state index is 13.3. The van der Waals surface area contributed by atoms with E-state index in [-0.39, 0.29) is 17.9 Å². The van der Waals surface area contributed by atoms with Crippen LogP contribution in [-0.2, 0) is 12.7 Å². The van der Waals surface area contributed by atoms with Crippen molar-refractivity contribution in [3.05, 3.63) is 53.6 Å². The van der Waals surface area contributed by atoms with Gasteiger partial charge in [0.2, 0.25) is 0 Å². The van der Waals surface area contributed by atoms with E-state index in [1.165, 1.54) is 24.4 Å². The molecule has 146 valence electrons. The summed E-state index contributed by atoms with van der Waals surface area (Å²) in [6.07, 6.45) is -2.20. The van der Waals surface area contributed by atoms with Crippen molar-refractivity contribution in [3.8, 4) is 0 Å². The Morgan fingerprint density at radius 2 is 1.96 bits per heavy atom. The summed E-state index contributed by atoms with van der Waals surface area (Å²) in [7, 11) is 0. The molecule has 4 heterocycles. The fourth-order valence-electron chi connectivity index (χ4n) is 4.11. The number of likely N-dealkylation sites (tertiary alicyclic amines) is 1.